The van der Waals surface area contributed by atoms with Crippen molar-refractivity contribution in [2.75, 3.05) is 39.8 Å². The molecule has 0 saturated carbocycles. The molecule has 4 rings (SSSR count). The van der Waals surface area contributed by atoms with Crippen LogP contribution in [-0.4, -0.2) is 92.4 Å². The van der Waals surface area contributed by atoms with E-state index in [9.17, 15) is 18.0 Å². The van der Waals surface area contributed by atoms with Gasteiger partial charge in [-0.15, -0.1) is 0 Å². The minimum atomic E-state index is -4.32. The molecule has 3 heterocycles. The van der Waals surface area contributed by atoms with Crippen molar-refractivity contribution in [3.8, 4) is 0 Å². The maximum atomic E-state index is 13.5. The number of nitrogens with zero attached hydrogens (tertiary/aromatic N) is 3. The Labute approximate surface area is 247 Å². The number of hydrogen-bond donors (Lipinski definition) is 2. The number of rotatable bonds is 9. The summed E-state index contributed by atoms with van der Waals surface area (Å²) in [5.74, 6) is -0.230. The second-order valence-corrected chi connectivity index (χ2v) is 11.7. The monoisotopic (exact) mass is 593 g/mol. The third kappa shape index (κ3) is 8.26. The molecule has 8 nitrogen and oxygen atoms in total. The van der Waals surface area contributed by atoms with Gasteiger partial charge in [-0.1, -0.05) is 24.8 Å². The molecule has 3 saturated heterocycles. The first kappa shape index (κ1) is 32.3. The Morgan fingerprint density at radius 1 is 1.19 bits per heavy atom. The summed E-state index contributed by atoms with van der Waals surface area (Å²) in [5, 5.41) is 3.30. The number of piperidine rings is 2. The van der Waals surface area contributed by atoms with Gasteiger partial charge in [0.1, 0.15) is 5.70 Å². The van der Waals surface area contributed by atoms with Crippen LogP contribution in [-0.2, 0) is 14.3 Å². The summed E-state index contributed by atoms with van der Waals surface area (Å²) in [5.41, 5.74) is 6.50. The molecule has 1 amide bonds. The number of amides is 1. The van der Waals surface area contributed by atoms with Crippen molar-refractivity contribution in [3.63, 3.8) is 0 Å². The highest BCUT2D eigenvalue weighted by molar-refractivity contribution is 5.95. The molecule has 234 valence electrons. The first-order chi connectivity index (χ1) is 20.1. The Morgan fingerprint density at radius 3 is 2.50 bits per heavy atom. The number of ether oxygens (including phenoxy) is 2. The number of carbonyl (C=O) groups excluding carboxylic acids is 1. The third-order valence-corrected chi connectivity index (χ3v) is 9.15. The molecule has 3 atom stereocenters. The standard InChI is InChI=1S/C31H46F3N5O3/c1-21(22(2)36-19-27-5-4-6-28(42-27)23-7-9-24(10-8-23)31(32,33)34)29(37-20-35)30(40)39-15-11-25(12-16-39)38-17-13-26(41-3)14-18-38/h7,9-10,20,23,25-28,36H,2,4-6,8,11-19H2,1,3H3,(H2,35,37)/b29-21-/t23?,27-,28+/m1/s1. The third-order valence-electron chi connectivity index (χ3n) is 9.15. The van der Waals surface area contributed by atoms with E-state index in [4.69, 9.17) is 15.2 Å². The van der Waals surface area contributed by atoms with Gasteiger partial charge in [-0.3, -0.25) is 4.79 Å². The SMILES string of the molecule is C=C(NC[C@H]1CCC[C@@H](C2C=CC(C(F)(F)F)=CC2)O1)/C(C)=C(\N=C/N)C(=O)N1CCC(N2CCC(OC)CC2)CC1. The van der Waals surface area contributed by atoms with Gasteiger partial charge in [0, 0.05) is 63.1 Å². The topological polar surface area (TPSA) is 92.4 Å². The van der Waals surface area contributed by atoms with E-state index in [2.05, 4.69) is 21.8 Å². The van der Waals surface area contributed by atoms with Crippen molar-refractivity contribution in [2.45, 2.75) is 88.8 Å². The Balaban J connectivity index is 1.28. The van der Waals surface area contributed by atoms with Crippen molar-refractivity contribution < 1.29 is 27.4 Å². The molecule has 0 radical (unpaired) electrons. The number of allylic oxidation sites excluding steroid dienone is 4. The second kappa shape index (κ2) is 14.7. The zero-order valence-corrected chi connectivity index (χ0v) is 24.9. The van der Waals surface area contributed by atoms with Gasteiger partial charge in [0.2, 0.25) is 0 Å². The van der Waals surface area contributed by atoms with Crippen molar-refractivity contribution >= 4 is 12.2 Å². The number of nitrogens with two attached hydrogens (primary N) is 1. The number of alkyl halides is 3. The summed E-state index contributed by atoms with van der Waals surface area (Å²) >= 11 is 0. The molecule has 4 aliphatic rings. The lowest BCUT2D eigenvalue weighted by Crippen LogP contribution is -2.50. The minimum Gasteiger partial charge on any atom is -0.390 e. The van der Waals surface area contributed by atoms with Gasteiger partial charge in [0.05, 0.1) is 30.2 Å². The molecule has 0 aromatic heterocycles. The van der Waals surface area contributed by atoms with Crippen LogP contribution in [0.25, 0.3) is 0 Å². The summed E-state index contributed by atoms with van der Waals surface area (Å²) < 4.78 is 50.7. The van der Waals surface area contributed by atoms with Crippen LogP contribution in [0.3, 0.4) is 0 Å². The molecular formula is C31H46F3N5O3. The fourth-order valence-electron chi connectivity index (χ4n) is 6.48. The van der Waals surface area contributed by atoms with Gasteiger partial charge in [0.25, 0.3) is 5.91 Å². The molecule has 1 aliphatic carbocycles. The van der Waals surface area contributed by atoms with Crippen molar-refractivity contribution in [3.05, 3.63) is 47.3 Å². The van der Waals surface area contributed by atoms with Gasteiger partial charge in [-0.25, -0.2) is 4.99 Å². The van der Waals surface area contributed by atoms with Crippen LogP contribution in [0.1, 0.15) is 58.3 Å². The molecule has 3 aliphatic heterocycles. The van der Waals surface area contributed by atoms with Crippen molar-refractivity contribution in [1.29, 1.82) is 0 Å². The number of methoxy groups -OCH3 is 1. The van der Waals surface area contributed by atoms with Crippen LogP contribution in [0.4, 0.5) is 13.2 Å². The van der Waals surface area contributed by atoms with Crippen LogP contribution in [0.15, 0.2) is 52.3 Å². The first-order valence-corrected chi connectivity index (χ1v) is 15.2. The van der Waals surface area contributed by atoms with Gasteiger partial charge in [-0.05, 0) is 58.3 Å². The second-order valence-electron chi connectivity index (χ2n) is 11.7. The smallest absolute Gasteiger partial charge is 0.390 e. The molecule has 42 heavy (non-hydrogen) atoms. The predicted molar refractivity (Wildman–Crippen MR) is 158 cm³/mol. The number of halogens is 3. The number of aliphatic imine (C=N–C) groups is 1. The van der Waals surface area contributed by atoms with Crippen molar-refractivity contribution in [1.82, 2.24) is 15.1 Å². The number of likely N-dealkylation sites (tertiary alicyclic amines) is 2. The highest BCUT2D eigenvalue weighted by Crippen LogP contribution is 2.35. The maximum absolute atomic E-state index is 13.5. The van der Waals surface area contributed by atoms with Crippen LogP contribution >= 0.6 is 0 Å². The molecule has 0 aromatic rings. The number of hydrogen-bond acceptors (Lipinski definition) is 6. The molecule has 3 fully saturated rings. The average molecular weight is 594 g/mol. The highest BCUT2D eigenvalue weighted by Gasteiger charge is 2.36. The van der Waals surface area contributed by atoms with Crippen LogP contribution < -0.4 is 11.1 Å². The fourth-order valence-corrected chi connectivity index (χ4v) is 6.48. The summed E-state index contributed by atoms with van der Waals surface area (Å²) in [7, 11) is 1.78. The quantitative estimate of drug-likeness (QED) is 0.178. The van der Waals surface area contributed by atoms with Crippen molar-refractivity contribution in [2.24, 2.45) is 16.6 Å². The molecule has 1 unspecified atom stereocenters. The lowest BCUT2D eigenvalue weighted by atomic mass is 9.87. The van der Waals surface area contributed by atoms with Crippen LogP contribution in [0, 0.1) is 5.92 Å². The molecule has 3 N–H and O–H groups in total. The van der Waals surface area contributed by atoms with Gasteiger partial charge < -0.3 is 30.3 Å². The van der Waals surface area contributed by atoms with E-state index in [0.717, 1.165) is 64.4 Å². The summed E-state index contributed by atoms with van der Waals surface area (Å²) in [6, 6.07) is 0.473. The first-order valence-electron chi connectivity index (χ1n) is 15.2. The van der Waals surface area contributed by atoms with E-state index in [0.29, 0.717) is 49.5 Å². The molecule has 0 spiro atoms. The zero-order valence-electron chi connectivity index (χ0n) is 24.9. The minimum absolute atomic E-state index is 0.0758. The fraction of sp³-hybridized carbons (Fsp3) is 0.677. The van der Waals surface area contributed by atoms with Gasteiger partial charge in [-0.2, -0.15) is 13.2 Å². The highest BCUT2D eigenvalue weighted by atomic mass is 19.4. The normalized spacial score (nSPS) is 27.6. The number of carbonyl (C=O) groups is 1. The van der Waals surface area contributed by atoms with Gasteiger partial charge >= 0.3 is 6.18 Å². The maximum Gasteiger partial charge on any atom is 0.416 e. The van der Waals surface area contributed by atoms with Crippen LogP contribution in [0.5, 0.6) is 0 Å². The Bertz CT molecular complexity index is 1070. The van der Waals surface area contributed by atoms with E-state index in [1.54, 1.807) is 13.2 Å². The summed E-state index contributed by atoms with van der Waals surface area (Å²) in [6.07, 6.45) is 7.82. The lowest BCUT2D eigenvalue weighted by Gasteiger charge is -2.41. The molecule has 0 aromatic carbocycles. The summed E-state index contributed by atoms with van der Waals surface area (Å²) in [4.78, 5) is 22.1. The Morgan fingerprint density at radius 2 is 1.90 bits per heavy atom. The lowest BCUT2D eigenvalue weighted by molar-refractivity contribution is -0.128. The van der Waals surface area contributed by atoms with E-state index in [-0.39, 0.29) is 29.7 Å². The van der Waals surface area contributed by atoms with E-state index in [1.165, 1.54) is 12.2 Å². The van der Waals surface area contributed by atoms with E-state index in [1.807, 2.05) is 11.8 Å². The van der Waals surface area contributed by atoms with E-state index >= 15 is 0 Å². The average Bonchev–Trinajstić information content (AvgIpc) is 3.01. The molecular weight excluding hydrogens is 547 g/mol. The zero-order chi connectivity index (χ0) is 30.3. The van der Waals surface area contributed by atoms with Crippen LogP contribution in [0.2, 0.25) is 0 Å². The van der Waals surface area contributed by atoms with Gasteiger partial charge in [0.15, 0.2) is 0 Å². The summed E-state index contributed by atoms with van der Waals surface area (Å²) in [6.45, 7) is 9.82. The molecule has 11 heteroatoms. The Hall–Kier alpha value is -2.63. The molecule has 0 bridgehead atoms. The Kier molecular flexibility index (Phi) is 11.3. The van der Waals surface area contributed by atoms with E-state index < -0.39 is 11.7 Å². The largest absolute Gasteiger partial charge is 0.416 e. The predicted octanol–water partition coefficient (Wildman–Crippen LogP) is 4.46. The number of nitrogens with one attached hydrogen (secondary N) is 1.